The van der Waals surface area contributed by atoms with Gasteiger partial charge in [0.25, 0.3) is 17.4 Å². The number of amides is 2. The average Bonchev–Trinajstić information content (AvgIpc) is 2.75. The highest BCUT2D eigenvalue weighted by molar-refractivity contribution is 5.99. The molecule has 2 heterocycles. The predicted molar refractivity (Wildman–Crippen MR) is 70.2 cm³/mol. The van der Waals surface area contributed by atoms with Crippen LogP contribution in [0.25, 0.3) is 0 Å². The van der Waals surface area contributed by atoms with Crippen LogP contribution in [0.5, 0.6) is 0 Å². The zero-order valence-corrected chi connectivity index (χ0v) is 10.9. The number of hydrazine groups is 1. The third-order valence-corrected chi connectivity index (χ3v) is 2.64. The molecule has 2 amide bonds. The smallest absolute Gasteiger partial charge is 0.275 e. The van der Waals surface area contributed by atoms with Crippen LogP contribution in [0.2, 0.25) is 0 Å². The summed E-state index contributed by atoms with van der Waals surface area (Å²) < 4.78 is 5.22. The molecule has 0 aliphatic carbocycles. The number of hydrogen-bond donors (Lipinski definition) is 3. The summed E-state index contributed by atoms with van der Waals surface area (Å²) in [5.41, 5.74) is 4.10. The predicted octanol–water partition coefficient (Wildman–Crippen LogP) is 0.660. The monoisotopic (exact) mass is 275 g/mol. The Morgan fingerprint density at radius 2 is 1.80 bits per heavy atom. The van der Waals surface area contributed by atoms with Crippen molar-refractivity contribution in [2.75, 3.05) is 0 Å². The summed E-state index contributed by atoms with van der Waals surface area (Å²) in [6, 6.07) is 4.43. The van der Waals surface area contributed by atoms with Crippen LogP contribution in [0.15, 0.2) is 33.6 Å². The number of H-pyrrole nitrogens is 1. The minimum atomic E-state index is -0.696. The van der Waals surface area contributed by atoms with Crippen molar-refractivity contribution in [2.24, 2.45) is 0 Å². The lowest BCUT2D eigenvalue weighted by Crippen LogP contribution is -2.43. The first-order valence-corrected chi connectivity index (χ1v) is 5.84. The highest BCUT2D eigenvalue weighted by Gasteiger charge is 2.15. The Balaban J connectivity index is 2.04. The molecule has 0 spiro atoms. The highest BCUT2D eigenvalue weighted by atomic mass is 16.3. The van der Waals surface area contributed by atoms with Gasteiger partial charge in [0.1, 0.15) is 17.1 Å². The molecule has 0 saturated carbocycles. The van der Waals surface area contributed by atoms with Gasteiger partial charge in [0, 0.05) is 6.20 Å². The zero-order chi connectivity index (χ0) is 14.7. The Morgan fingerprint density at radius 1 is 1.15 bits per heavy atom. The van der Waals surface area contributed by atoms with E-state index in [-0.39, 0.29) is 5.56 Å². The van der Waals surface area contributed by atoms with Gasteiger partial charge in [-0.05, 0) is 32.0 Å². The van der Waals surface area contributed by atoms with Crippen molar-refractivity contribution >= 4 is 11.8 Å². The van der Waals surface area contributed by atoms with Gasteiger partial charge in [-0.15, -0.1) is 0 Å². The van der Waals surface area contributed by atoms with Crippen molar-refractivity contribution in [1.82, 2.24) is 15.8 Å². The van der Waals surface area contributed by atoms with Gasteiger partial charge in [-0.1, -0.05) is 0 Å². The number of aryl methyl sites for hydroxylation is 2. The second kappa shape index (κ2) is 5.43. The minimum absolute atomic E-state index is 0.0899. The number of nitrogens with one attached hydrogen (secondary N) is 3. The maximum absolute atomic E-state index is 11.8. The molecule has 0 bridgehead atoms. The molecule has 7 nitrogen and oxygen atoms in total. The van der Waals surface area contributed by atoms with Crippen LogP contribution in [0.4, 0.5) is 0 Å². The summed E-state index contributed by atoms with van der Waals surface area (Å²) in [7, 11) is 0. The van der Waals surface area contributed by atoms with E-state index in [1.807, 2.05) is 0 Å². The maximum atomic E-state index is 11.8. The summed E-state index contributed by atoms with van der Waals surface area (Å²) in [6.45, 7) is 3.36. The van der Waals surface area contributed by atoms with Crippen LogP contribution in [-0.2, 0) is 0 Å². The number of furan rings is 1. The number of carbonyl (C=O) groups is 2. The van der Waals surface area contributed by atoms with E-state index in [9.17, 15) is 14.4 Å². The number of pyridine rings is 1. The SMILES string of the molecule is Cc1cc(C(=O)NNC(=O)c2ccc[nH]c2=O)c(C)o1. The maximum Gasteiger partial charge on any atom is 0.275 e. The van der Waals surface area contributed by atoms with Crippen molar-refractivity contribution in [3.8, 4) is 0 Å². The van der Waals surface area contributed by atoms with Crippen LogP contribution < -0.4 is 16.4 Å². The summed E-state index contributed by atoms with van der Waals surface area (Å²) in [5.74, 6) is -0.164. The lowest BCUT2D eigenvalue weighted by Gasteiger charge is -2.05. The Bertz CT molecular complexity index is 714. The largest absolute Gasteiger partial charge is 0.466 e. The van der Waals surface area contributed by atoms with Gasteiger partial charge in [0.05, 0.1) is 5.56 Å². The van der Waals surface area contributed by atoms with Crippen molar-refractivity contribution in [3.63, 3.8) is 0 Å². The van der Waals surface area contributed by atoms with Gasteiger partial charge in [0.2, 0.25) is 0 Å². The Hall–Kier alpha value is -2.83. The van der Waals surface area contributed by atoms with Crippen molar-refractivity contribution in [1.29, 1.82) is 0 Å². The molecule has 2 aromatic rings. The van der Waals surface area contributed by atoms with E-state index in [1.165, 1.54) is 18.3 Å². The van der Waals surface area contributed by atoms with Gasteiger partial charge in [-0.3, -0.25) is 25.2 Å². The van der Waals surface area contributed by atoms with Gasteiger partial charge < -0.3 is 9.40 Å². The zero-order valence-electron chi connectivity index (χ0n) is 10.9. The van der Waals surface area contributed by atoms with E-state index in [1.54, 1.807) is 19.9 Å². The van der Waals surface area contributed by atoms with E-state index in [4.69, 9.17) is 4.42 Å². The van der Waals surface area contributed by atoms with Gasteiger partial charge in [-0.25, -0.2) is 0 Å². The van der Waals surface area contributed by atoms with Crippen LogP contribution in [-0.4, -0.2) is 16.8 Å². The normalized spacial score (nSPS) is 10.1. The summed E-state index contributed by atoms with van der Waals surface area (Å²) in [6.07, 6.45) is 1.41. The summed E-state index contributed by atoms with van der Waals surface area (Å²) >= 11 is 0. The molecule has 2 aromatic heterocycles. The lowest BCUT2D eigenvalue weighted by molar-refractivity contribution is 0.0845. The van der Waals surface area contributed by atoms with E-state index < -0.39 is 17.4 Å². The number of hydrogen-bond acceptors (Lipinski definition) is 4. The number of rotatable bonds is 2. The molecule has 0 fully saturated rings. The quantitative estimate of drug-likeness (QED) is 0.700. The second-order valence-electron chi connectivity index (χ2n) is 4.15. The molecule has 3 N–H and O–H groups in total. The molecular weight excluding hydrogens is 262 g/mol. The molecule has 0 unspecified atom stereocenters. The van der Waals surface area contributed by atoms with Crippen molar-refractivity contribution in [2.45, 2.75) is 13.8 Å². The number of aromatic amines is 1. The molecule has 0 aliphatic rings. The molecule has 0 atom stereocenters. The first kappa shape index (κ1) is 13.6. The molecule has 2 rings (SSSR count). The third-order valence-electron chi connectivity index (χ3n) is 2.64. The average molecular weight is 275 g/mol. The molecule has 104 valence electrons. The van der Waals surface area contributed by atoms with E-state index in [0.29, 0.717) is 17.1 Å². The second-order valence-corrected chi connectivity index (χ2v) is 4.15. The molecule has 0 aliphatic heterocycles. The first-order chi connectivity index (χ1) is 9.49. The Kier molecular flexibility index (Phi) is 3.69. The fraction of sp³-hybridized carbons (Fsp3) is 0.154. The fourth-order valence-electron chi connectivity index (χ4n) is 1.70. The molecule has 20 heavy (non-hydrogen) atoms. The minimum Gasteiger partial charge on any atom is -0.466 e. The number of carbonyl (C=O) groups excluding carboxylic acids is 2. The van der Waals surface area contributed by atoms with Gasteiger partial charge in [-0.2, -0.15) is 0 Å². The standard InChI is InChI=1S/C13H13N3O4/c1-7-6-10(8(2)20-7)13(19)16-15-12(18)9-4-3-5-14-11(9)17/h3-6H,1-2H3,(H,14,17)(H,15,18)(H,16,19). The third kappa shape index (κ3) is 2.77. The molecule has 0 aromatic carbocycles. The fourth-order valence-corrected chi connectivity index (χ4v) is 1.70. The summed E-state index contributed by atoms with van der Waals surface area (Å²) in [5, 5.41) is 0. The van der Waals surface area contributed by atoms with E-state index in [0.717, 1.165) is 0 Å². The molecule has 7 heteroatoms. The molecular formula is C13H13N3O4. The van der Waals surface area contributed by atoms with Crippen LogP contribution in [0.3, 0.4) is 0 Å². The highest BCUT2D eigenvalue weighted by Crippen LogP contribution is 2.12. The Morgan fingerprint density at radius 3 is 2.35 bits per heavy atom. The summed E-state index contributed by atoms with van der Waals surface area (Å²) in [4.78, 5) is 37.3. The van der Waals surface area contributed by atoms with Gasteiger partial charge in [0.15, 0.2) is 0 Å². The topological polar surface area (TPSA) is 104 Å². The van der Waals surface area contributed by atoms with Crippen LogP contribution in [0.1, 0.15) is 32.2 Å². The van der Waals surface area contributed by atoms with E-state index in [2.05, 4.69) is 15.8 Å². The van der Waals surface area contributed by atoms with Crippen molar-refractivity contribution < 1.29 is 14.0 Å². The lowest BCUT2D eigenvalue weighted by atomic mass is 10.2. The number of aromatic nitrogens is 1. The Labute approximate surface area is 114 Å². The first-order valence-electron chi connectivity index (χ1n) is 5.84. The van der Waals surface area contributed by atoms with Gasteiger partial charge >= 0.3 is 0 Å². The van der Waals surface area contributed by atoms with E-state index >= 15 is 0 Å². The van der Waals surface area contributed by atoms with Crippen LogP contribution in [0, 0.1) is 13.8 Å². The molecule has 0 radical (unpaired) electrons. The molecule has 0 saturated heterocycles. The van der Waals surface area contributed by atoms with Crippen molar-refractivity contribution in [3.05, 3.63) is 57.4 Å². The van der Waals surface area contributed by atoms with Crippen LogP contribution >= 0.6 is 0 Å².